The van der Waals surface area contributed by atoms with Gasteiger partial charge in [0.05, 0.1) is 28.7 Å². The second-order valence-electron chi connectivity index (χ2n) is 8.97. The Morgan fingerprint density at radius 3 is 2.71 bits per heavy atom. The molecule has 0 amide bonds. The molecule has 0 spiro atoms. The number of nitrogens with two attached hydrogens (primary N) is 1. The van der Waals surface area contributed by atoms with E-state index < -0.39 is 0 Å². The molecule has 0 atom stereocenters. The van der Waals surface area contributed by atoms with Crippen molar-refractivity contribution in [2.24, 2.45) is 10.7 Å². The van der Waals surface area contributed by atoms with Gasteiger partial charge >= 0.3 is 0 Å². The SMILES string of the molecule is CCc1cc(O)ccc1/N=C(\N)c1cnn2cc(-c3ccc(C)nc3)cc2c1NC1CCCC1. The molecule has 34 heavy (non-hydrogen) atoms. The van der Waals surface area contributed by atoms with Gasteiger partial charge < -0.3 is 16.2 Å². The molecule has 174 valence electrons. The zero-order valence-electron chi connectivity index (χ0n) is 19.6. The number of hydrogen-bond acceptors (Lipinski definition) is 5. The number of anilines is 1. The van der Waals surface area contributed by atoms with E-state index in [0.717, 1.165) is 64.1 Å². The zero-order chi connectivity index (χ0) is 23.7. The van der Waals surface area contributed by atoms with Crippen LogP contribution in [0.5, 0.6) is 5.75 Å². The quantitative estimate of drug-likeness (QED) is 0.269. The fourth-order valence-electron chi connectivity index (χ4n) is 4.63. The molecule has 5 rings (SSSR count). The van der Waals surface area contributed by atoms with Crippen LogP contribution in [-0.4, -0.2) is 31.6 Å². The van der Waals surface area contributed by atoms with Crippen molar-refractivity contribution in [3.63, 3.8) is 0 Å². The number of nitrogens with zero attached hydrogens (tertiary/aromatic N) is 4. The number of aryl methyl sites for hydroxylation is 2. The predicted octanol–water partition coefficient (Wildman–Crippen LogP) is 5.36. The van der Waals surface area contributed by atoms with Gasteiger partial charge in [-0.2, -0.15) is 5.10 Å². The normalized spacial score (nSPS) is 14.7. The third-order valence-corrected chi connectivity index (χ3v) is 6.55. The maximum atomic E-state index is 9.85. The van der Waals surface area contributed by atoms with E-state index in [2.05, 4.69) is 27.5 Å². The largest absolute Gasteiger partial charge is 0.508 e. The Bertz CT molecular complexity index is 1350. The fraction of sp³-hybridized carbons (Fsp3) is 0.296. The van der Waals surface area contributed by atoms with Crippen LogP contribution in [0, 0.1) is 6.92 Å². The molecule has 0 radical (unpaired) electrons. The Morgan fingerprint density at radius 2 is 1.97 bits per heavy atom. The second kappa shape index (κ2) is 9.17. The number of rotatable bonds is 6. The highest BCUT2D eigenvalue weighted by Crippen LogP contribution is 2.32. The van der Waals surface area contributed by atoms with E-state index in [-0.39, 0.29) is 5.75 Å². The average molecular weight is 455 g/mol. The lowest BCUT2D eigenvalue weighted by molar-refractivity contribution is 0.474. The van der Waals surface area contributed by atoms with E-state index >= 15 is 0 Å². The molecule has 7 nitrogen and oxygen atoms in total. The number of hydrogen-bond donors (Lipinski definition) is 3. The first-order valence-electron chi connectivity index (χ1n) is 11.9. The van der Waals surface area contributed by atoms with Crippen LogP contribution >= 0.6 is 0 Å². The van der Waals surface area contributed by atoms with E-state index in [1.165, 1.54) is 12.8 Å². The maximum Gasteiger partial charge on any atom is 0.135 e. The fourth-order valence-corrected chi connectivity index (χ4v) is 4.63. The molecule has 1 fully saturated rings. The number of phenolic OH excluding ortho intramolecular Hbond substituents is 1. The summed E-state index contributed by atoms with van der Waals surface area (Å²) in [7, 11) is 0. The van der Waals surface area contributed by atoms with Gasteiger partial charge in [-0.05, 0) is 62.1 Å². The standard InChI is InChI=1S/C27H30N6O/c1-3-18-12-22(34)10-11-24(18)32-27(28)23-15-30-33-16-20(19-9-8-17(2)29-14-19)13-25(33)26(23)31-21-6-4-5-7-21/h8-16,21,31,34H,3-7H2,1-2H3,(H2,28,32). The second-order valence-corrected chi connectivity index (χ2v) is 8.97. The molecule has 3 heterocycles. The minimum absolute atomic E-state index is 0.229. The first-order chi connectivity index (χ1) is 16.5. The van der Waals surface area contributed by atoms with E-state index in [9.17, 15) is 5.11 Å². The van der Waals surface area contributed by atoms with Crippen molar-refractivity contribution in [2.45, 2.75) is 52.0 Å². The minimum atomic E-state index is 0.229. The lowest BCUT2D eigenvalue weighted by Gasteiger charge is -2.18. The van der Waals surface area contributed by atoms with Crippen LogP contribution in [0.4, 0.5) is 11.4 Å². The van der Waals surface area contributed by atoms with Gasteiger partial charge in [0, 0.05) is 35.3 Å². The topological polar surface area (TPSA) is 101 Å². The van der Waals surface area contributed by atoms with Crippen molar-refractivity contribution in [3.05, 3.63) is 71.8 Å². The van der Waals surface area contributed by atoms with E-state index in [1.54, 1.807) is 24.4 Å². The van der Waals surface area contributed by atoms with E-state index in [4.69, 9.17) is 10.7 Å². The number of pyridine rings is 1. The van der Waals surface area contributed by atoms with Gasteiger partial charge in [-0.1, -0.05) is 25.8 Å². The van der Waals surface area contributed by atoms with Gasteiger partial charge in [0.2, 0.25) is 0 Å². The van der Waals surface area contributed by atoms with Gasteiger partial charge in [-0.25, -0.2) is 9.51 Å². The summed E-state index contributed by atoms with van der Waals surface area (Å²) in [5, 5.41) is 18.3. The summed E-state index contributed by atoms with van der Waals surface area (Å²) in [6, 6.07) is 11.8. The number of benzene rings is 1. The molecule has 0 unspecified atom stereocenters. The summed E-state index contributed by atoms with van der Waals surface area (Å²) in [4.78, 5) is 9.19. The number of nitrogens with one attached hydrogen (secondary N) is 1. The van der Waals surface area contributed by atoms with Crippen molar-refractivity contribution < 1.29 is 5.11 Å². The molecule has 1 aromatic carbocycles. The molecule has 1 aliphatic rings. The molecular formula is C27H30N6O. The Morgan fingerprint density at radius 1 is 1.15 bits per heavy atom. The number of phenols is 1. The first-order valence-corrected chi connectivity index (χ1v) is 11.9. The van der Waals surface area contributed by atoms with Crippen molar-refractivity contribution >= 4 is 22.7 Å². The monoisotopic (exact) mass is 454 g/mol. The average Bonchev–Trinajstić information content (AvgIpc) is 3.51. The molecule has 1 saturated carbocycles. The molecule has 7 heteroatoms. The van der Waals surface area contributed by atoms with Crippen LogP contribution in [0.15, 0.2) is 60.0 Å². The highest BCUT2D eigenvalue weighted by atomic mass is 16.3. The molecule has 3 aromatic heterocycles. The Kier molecular flexibility index (Phi) is 5.92. The molecule has 0 bridgehead atoms. The summed E-state index contributed by atoms with van der Waals surface area (Å²) in [5.74, 6) is 0.628. The molecular weight excluding hydrogens is 424 g/mol. The van der Waals surface area contributed by atoms with Crippen molar-refractivity contribution in [2.75, 3.05) is 5.32 Å². The molecule has 4 N–H and O–H groups in total. The number of aliphatic imine (C=N–C) groups is 1. The third-order valence-electron chi connectivity index (χ3n) is 6.55. The molecule has 4 aromatic rings. The summed E-state index contributed by atoms with van der Waals surface area (Å²) < 4.78 is 1.89. The van der Waals surface area contributed by atoms with E-state index in [1.807, 2.05) is 36.8 Å². The van der Waals surface area contributed by atoms with Crippen molar-refractivity contribution in [1.29, 1.82) is 0 Å². The van der Waals surface area contributed by atoms with Crippen molar-refractivity contribution in [1.82, 2.24) is 14.6 Å². The summed E-state index contributed by atoms with van der Waals surface area (Å²) in [5.41, 5.74) is 14.0. The van der Waals surface area contributed by atoms with E-state index in [0.29, 0.717) is 11.9 Å². The predicted molar refractivity (Wildman–Crippen MR) is 137 cm³/mol. The first kappa shape index (κ1) is 21.9. The van der Waals surface area contributed by atoms with Gasteiger partial charge in [0.1, 0.15) is 11.6 Å². The number of amidine groups is 1. The van der Waals surface area contributed by atoms with Crippen LogP contribution in [0.1, 0.15) is 49.4 Å². The molecule has 0 aliphatic heterocycles. The van der Waals surface area contributed by atoms with Crippen LogP contribution in [0.25, 0.3) is 16.6 Å². The van der Waals surface area contributed by atoms with Crippen LogP contribution < -0.4 is 11.1 Å². The maximum absolute atomic E-state index is 9.85. The van der Waals surface area contributed by atoms with Crippen molar-refractivity contribution in [3.8, 4) is 16.9 Å². The zero-order valence-corrected chi connectivity index (χ0v) is 19.6. The van der Waals surface area contributed by atoms with Gasteiger partial charge in [0.25, 0.3) is 0 Å². The number of aromatic hydroxyl groups is 1. The Balaban J connectivity index is 1.62. The summed E-state index contributed by atoms with van der Waals surface area (Å²) in [6.45, 7) is 4.02. The highest BCUT2D eigenvalue weighted by Gasteiger charge is 2.21. The van der Waals surface area contributed by atoms with Gasteiger partial charge in [0.15, 0.2) is 0 Å². The smallest absolute Gasteiger partial charge is 0.135 e. The molecule has 1 aliphatic carbocycles. The molecule has 0 saturated heterocycles. The Hall–Kier alpha value is -3.87. The highest BCUT2D eigenvalue weighted by molar-refractivity contribution is 6.06. The lowest BCUT2D eigenvalue weighted by atomic mass is 10.1. The van der Waals surface area contributed by atoms with Crippen LogP contribution in [-0.2, 0) is 6.42 Å². The van der Waals surface area contributed by atoms with Crippen LogP contribution in [0.2, 0.25) is 0 Å². The Labute approximate surface area is 199 Å². The minimum Gasteiger partial charge on any atom is -0.508 e. The van der Waals surface area contributed by atoms with Gasteiger partial charge in [-0.3, -0.25) is 4.98 Å². The summed E-state index contributed by atoms with van der Waals surface area (Å²) in [6.07, 6.45) is 11.2. The number of fused-ring (bicyclic) bond motifs is 1. The van der Waals surface area contributed by atoms with Crippen LogP contribution in [0.3, 0.4) is 0 Å². The summed E-state index contributed by atoms with van der Waals surface area (Å²) >= 11 is 0. The lowest BCUT2D eigenvalue weighted by Crippen LogP contribution is -2.22. The third kappa shape index (κ3) is 4.33. The number of aromatic nitrogens is 3. The van der Waals surface area contributed by atoms with Gasteiger partial charge in [-0.15, -0.1) is 0 Å².